The standard InChI is InChI=1S/C12H21N3/c1-5-10(2)9-15(4)12-8-6-7-11(13-3)14-12/h6-8,10H,5,9H2,1-4H3,(H,13,14). The molecule has 0 aliphatic carbocycles. The molecular weight excluding hydrogens is 186 g/mol. The van der Waals surface area contributed by atoms with E-state index in [1.165, 1.54) is 6.42 Å². The van der Waals surface area contributed by atoms with E-state index in [0.29, 0.717) is 5.92 Å². The first-order valence-electron chi connectivity index (χ1n) is 5.53. The van der Waals surface area contributed by atoms with Crippen LogP contribution in [0.3, 0.4) is 0 Å². The van der Waals surface area contributed by atoms with Crippen LogP contribution in [0.4, 0.5) is 11.6 Å². The molecule has 0 aliphatic heterocycles. The van der Waals surface area contributed by atoms with Gasteiger partial charge in [-0.15, -0.1) is 0 Å². The maximum atomic E-state index is 4.49. The average molecular weight is 207 g/mol. The molecule has 3 heteroatoms. The van der Waals surface area contributed by atoms with Crippen molar-refractivity contribution in [2.24, 2.45) is 5.92 Å². The lowest BCUT2D eigenvalue weighted by Gasteiger charge is -2.22. The fourth-order valence-corrected chi connectivity index (χ4v) is 1.47. The topological polar surface area (TPSA) is 28.2 Å². The molecule has 0 fully saturated rings. The molecule has 0 saturated carbocycles. The number of aromatic nitrogens is 1. The van der Waals surface area contributed by atoms with Crippen molar-refractivity contribution in [3.63, 3.8) is 0 Å². The molecule has 0 aromatic carbocycles. The normalized spacial score (nSPS) is 12.3. The fourth-order valence-electron chi connectivity index (χ4n) is 1.47. The van der Waals surface area contributed by atoms with Crippen LogP contribution in [0.5, 0.6) is 0 Å². The zero-order valence-corrected chi connectivity index (χ0v) is 10.1. The Morgan fingerprint density at radius 2 is 2.20 bits per heavy atom. The molecule has 1 aromatic rings. The van der Waals surface area contributed by atoms with Gasteiger partial charge >= 0.3 is 0 Å². The van der Waals surface area contributed by atoms with Crippen LogP contribution in [0.15, 0.2) is 18.2 Å². The molecule has 1 N–H and O–H groups in total. The van der Waals surface area contributed by atoms with Crippen LogP contribution in [-0.4, -0.2) is 25.6 Å². The molecule has 0 saturated heterocycles. The van der Waals surface area contributed by atoms with Gasteiger partial charge in [-0.1, -0.05) is 26.3 Å². The minimum Gasteiger partial charge on any atom is -0.373 e. The summed E-state index contributed by atoms with van der Waals surface area (Å²) < 4.78 is 0. The molecule has 0 aliphatic rings. The van der Waals surface area contributed by atoms with E-state index in [2.05, 4.69) is 36.1 Å². The lowest BCUT2D eigenvalue weighted by molar-refractivity contribution is 0.558. The summed E-state index contributed by atoms with van der Waals surface area (Å²) in [5.41, 5.74) is 0. The van der Waals surface area contributed by atoms with Crippen LogP contribution >= 0.6 is 0 Å². The van der Waals surface area contributed by atoms with E-state index in [-0.39, 0.29) is 0 Å². The molecule has 84 valence electrons. The highest BCUT2D eigenvalue weighted by Crippen LogP contribution is 2.14. The average Bonchev–Trinajstić information content (AvgIpc) is 2.28. The second kappa shape index (κ2) is 5.59. The van der Waals surface area contributed by atoms with Crippen molar-refractivity contribution in [3.8, 4) is 0 Å². The molecule has 3 nitrogen and oxygen atoms in total. The Hall–Kier alpha value is -1.25. The fraction of sp³-hybridized carbons (Fsp3) is 0.583. The van der Waals surface area contributed by atoms with E-state index < -0.39 is 0 Å². The van der Waals surface area contributed by atoms with Gasteiger partial charge < -0.3 is 10.2 Å². The van der Waals surface area contributed by atoms with Crippen molar-refractivity contribution in [2.75, 3.05) is 30.9 Å². The Labute approximate surface area is 92.5 Å². The molecular formula is C12H21N3. The van der Waals surface area contributed by atoms with Gasteiger partial charge in [0.2, 0.25) is 0 Å². The van der Waals surface area contributed by atoms with Gasteiger partial charge in [-0.3, -0.25) is 0 Å². The van der Waals surface area contributed by atoms with Gasteiger partial charge in [-0.2, -0.15) is 0 Å². The summed E-state index contributed by atoms with van der Waals surface area (Å²) in [4.78, 5) is 6.70. The van der Waals surface area contributed by atoms with Crippen molar-refractivity contribution < 1.29 is 0 Å². The van der Waals surface area contributed by atoms with Crippen molar-refractivity contribution in [1.29, 1.82) is 0 Å². The van der Waals surface area contributed by atoms with Gasteiger partial charge in [0, 0.05) is 20.6 Å². The Kier molecular flexibility index (Phi) is 4.40. The zero-order chi connectivity index (χ0) is 11.3. The summed E-state index contributed by atoms with van der Waals surface area (Å²) >= 11 is 0. The van der Waals surface area contributed by atoms with Gasteiger partial charge in [0.15, 0.2) is 0 Å². The van der Waals surface area contributed by atoms with Gasteiger partial charge in [-0.05, 0) is 18.1 Å². The highest BCUT2D eigenvalue weighted by Gasteiger charge is 2.06. The van der Waals surface area contributed by atoms with E-state index in [0.717, 1.165) is 18.2 Å². The third-order valence-electron chi connectivity index (χ3n) is 2.66. The molecule has 0 radical (unpaired) electrons. The maximum absolute atomic E-state index is 4.49. The van der Waals surface area contributed by atoms with E-state index >= 15 is 0 Å². The Morgan fingerprint density at radius 3 is 2.80 bits per heavy atom. The first kappa shape index (κ1) is 11.8. The van der Waals surface area contributed by atoms with Crippen molar-refractivity contribution in [1.82, 2.24) is 4.98 Å². The number of nitrogens with zero attached hydrogens (tertiary/aromatic N) is 2. The van der Waals surface area contributed by atoms with Gasteiger partial charge in [0.05, 0.1) is 0 Å². The number of hydrogen-bond donors (Lipinski definition) is 1. The van der Waals surface area contributed by atoms with Crippen LogP contribution in [-0.2, 0) is 0 Å². The lowest BCUT2D eigenvalue weighted by atomic mass is 10.1. The Morgan fingerprint density at radius 1 is 1.47 bits per heavy atom. The first-order valence-corrected chi connectivity index (χ1v) is 5.53. The van der Waals surface area contributed by atoms with Crippen LogP contribution in [0.25, 0.3) is 0 Å². The Bertz CT molecular complexity index is 299. The summed E-state index contributed by atoms with van der Waals surface area (Å²) in [7, 11) is 3.98. The largest absolute Gasteiger partial charge is 0.373 e. The highest BCUT2D eigenvalue weighted by molar-refractivity contribution is 5.46. The number of hydrogen-bond acceptors (Lipinski definition) is 3. The predicted octanol–water partition coefficient (Wildman–Crippen LogP) is 2.61. The third-order valence-corrected chi connectivity index (χ3v) is 2.66. The summed E-state index contributed by atoms with van der Waals surface area (Å²) in [5.74, 6) is 2.65. The first-order chi connectivity index (χ1) is 7.17. The van der Waals surface area contributed by atoms with Crippen LogP contribution in [0.1, 0.15) is 20.3 Å². The molecule has 0 bridgehead atoms. The predicted molar refractivity (Wildman–Crippen MR) is 66.5 cm³/mol. The summed E-state index contributed by atoms with van der Waals surface area (Å²) in [6.45, 7) is 5.53. The summed E-state index contributed by atoms with van der Waals surface area (Å²) in [5, 5.41) is 3.05. The van der Waals surface area contributed by atoms with Crippen LogP contribution < -0.4 is 10.2 Å². The third kappa shape index (κ3) is 3.42. The number of pyridine rings is 1. The van der Waals surface area contributed by atoms with Crippen LogP contribution in [0, 0.1) is 5.92 Å². The molecule has 1 heterocycles. The number of anilines is 2. The van der Waals surface area contributed by atoms with E-state index in [1.54, 1.807) is 0 Å². The SMILES string of the molecule is CCC(C)CN(C)c1cccc(NC)n1. The second-order valence-corrected chi connectivity index (χ2v) is 4.02. The number of nitrogens with one attached hydrogen (secondary N) is 1. The molecule has 0 amide bonds. The van der Waals surface area contributed by atoms with Crippen molar-refractivity contribution >= 4 is 11.6 Å². The quantitative estimate of drug-likeness (QED) is 0.804. The molecule has 1 unspecified atom stereocenters. The van der Waals surface area contributed by atoms with Crippen molar-refractivity contribution in [2.45, 2.75) is 20.3 Å². The lowest BCUT2D eigenvalue weighted by Crippen LogP contribution is -2.24. The monoisotopic (exact) mass is 207 g/mol. The van der Waals surface area contributed by atoms with E-state index in [9.17, 15) is 0 Å². The molecule has 1 atom stereocenters. The Balaban J connectivity index is 2.68. The van der Waals surface area contributed by atoms with Crippen LogP contribution in [0.2, 0.25) is 0 Å². The van der Waals surface area contributed by atoms with Gasteiger partial charge in [0.25, 0.3) is 0 Å². The van der Waals surface area contributed by atoms with E-state index in [4.69, 9.17) is 0 Å². The molecule has 1 aromatic heterocycles. The summed E-state index contributed by atoms with van der Waals surface area (Å²) in [6, 6.07) is 6.05. The van der Waals surface area contributed by atoms with E-state index in [1.807, 2.05) is 25.2 Å². The van der Waals surface area contributed by atoms with Crippen molar-refractivity contribution in [3.05, 3.63) is 18.2 Å². The summed E-state index contributed by atoms with van der Waals surface area (Å²) in [6.07, 6.45) is 1.20. The minimum atomic E-state index is 0.704. The highest BCUT2D eigenvalue weighted by atomic mass is 15.2. The minimum absolute atomic E-state index is 0.704. The number of rotatable bonds is 5. The molecule has 15 heavy (non-hydrogen) atoms. The second-order valence-electron chi connectivity index (χ2n) is 4.02. The van der Waals surface area contributed by atoms with Gasteiger partial charge in [-0.25, -0.2) is 4.98 Å². The molecule has 0 spiro atoms. The zero-order valence-electron chi connectivity index (χ0n) is 10.1. The molecule has 1 rings (SSSR count). The smallest absolute Gasteiger partial charge is 0.130 e. The maximum Gasteiger partial charge on any atom is 0.130 e. The van der Waals surface area contributed by atoms with Gasteiger partial charge in [0.1, 0.15) is 11.6 Å².